The zero-order valence-corrected chi connectivity index (χ0v) is 24.8. The molecule has 0 amide bonds. The van der Waals surface area contributed by atoms with Crippen molar-refractivity contribution in [3.05, 3.63) is 0 Å². The lowest BCUT2D eigenvalue weighted by atomic mass is 9.79. The van der Waals surface area contributed by atoms with Gasteiger partial charge in [0.15, 0.2) is 0 Å². The Morgan fingerprint density at radius 3 is 1.14 bits per heavy atom. The van der Waals surface area contributed by atoms with Gasteiger partial charge in [-0.3, -0.25) is 9.59 Å². The molecular weight excluding hydrogens is 456 g/mol. The van der Waals surface area contributed by atoms with Gasteiger partial charge in [0.05, 0.1) is 22.2 Å². The predicted molar refractivity (Wildman–Crippen MR) is 144 cm³/mol. The Kier molecular flexibility index (Phi) is 10.4. The summed E-state index contributed by atoms with van der Waals surface area (Å²) < 4.78 is 0. The molecule has 0 aliphatic carbocycles. The average molecular weight is 511 g/mol. The summed E-state index contributed by atoms with van der Waals surface area (Å²) >= 11 is 0. The van der Waals surface area contributed by atoms with Gasteiger partial charge in [-0.1, -0.05) is 12.8 Å². The van der Waals surface area contributed by atoms with E-state index in [0.29, 0.717) is 12.1 Å². The van der Waals surface area contributed by atoms with Crippen LogP contribution in [0.2, 0.25) is 0 Å². The van der Waals surface area contributed by atoms with Crippen molar-refractivity contribution in [2.75, 3.05) is 13.1 Å². The van der Waals surface area contributed by atoms with Crippen LogP contribution in [0.25, 0.3) is 0 Å². The third-order valence-corrected chi connectivity index (χ3v) is 7.59. The Labute approximate surface area is 220 Å². The fourth-order valence-corrected chi connectivity index (χ4v) is 6.78. The van der Waals surface area contributed by atoms with Gasteiger partial charge in [-0.2, -0.15) is 0 Å². The van der Waals surface area contributed by atoms with Crippen LogP contribution in [0, 0.1) is 0 Å². The molecule has 2 rings (SSSR count). The van der Waals surface area contributed by atoms with E-state index in [9.17, 15) is 9.59 Å². The molecule has 8 nitrogen and oxygen atoms in total. The van der Waals surface area contributed by atoms with Crippen LogP contribution in [0.3, 0.4) is 0 Å². The zero-order chi connectivity index (χ0) is 27.4. The molecular formula is C28H54N4O4. The van der Waals surface area contributed by atoms with Crippen molar-refractivity contribution in [1.29, 1.82) is 0 Å². The maximum absolute atomic E-state index is 11.6. The van der Waals surface area contributed by atoms with Crippen molar-refractivity contribution in [2.45, 2.75) is 155 Å². The molecule has 0 bridgehead atoms. The number of piperidine rings is 2. The van der Waals surface area contributed by atoms with Crippen LogP contribution in [0.1, 0.15) is 121 Å². The molecule has 0 saturated carbocycles. The third kappa shape index (κ3) is 8.67. The molecule has 210 valence electrons. The first-order valence-corrected chi connectivity index (χ1v) is 13.9. The normalized spacial score (nSPS) is 24.4. The van der Waals surface area contributed by atoms with Crippen molar-refractivity contribution in [3.8, 4) is 0 Å². The highest BCUT2D eigenvalue weighted by molar-refractivity contribution is 5.66. The molecule has 36 heavy (non-hydrogen) atoms. The summed E-state index contributed by atoms with van der Waals surface area (Å²) in [5, 5.41) is 11.3. The van der Waals surface area contributed by atoms with E-state index in [-0.39, 0.29) is 34.1 Å². The highest BCUT2D eigenvalue weighted by Crippen LogP contribution is 2.39. The van der Waals surface area contributed by atoms with E-state index in [4.69, 9.17) is 9.68 Å². The van der Waals surface area contributed by atoms with Crippen molar-refractivity contribution >= 4 is 11.9 Å². The van der Waals surface area contributed by atoms with Gasteiger partial charge < -0.3 is 20.3 Å². The summed E-state index contributed by atoms with van der Waals surface area (Å²) in [5.41, 5.74) is -0.801. The summed E-state index contributed by atoms with van der Waals surface area (Å²) in [7, 11) is 0. The maximum Gasteiger partial charge on any atom is 0.322 e. The Balaban J connectivity index is 1.65. The van der Waals surface area contributed by atoms with Crippen LogP contribution in [-0.4, -0.2) is 69.4 Å². The molecule has 2 aliphatic heterocycles. The quantitative estimate of drug-likeness (QED) is 0.386. The van der Waals surface area contributed by atoms with E-state index in [1.165, 1.54) is 39.5 Å². The molecule has 2 aliphatic rings. The molecule has 0 aromatic rings. The summed E-state index contributed by atoms with van der Waals surface area (Å²) in [5.74, 6) is -0.506. The van der Waals surface area contributed by atoms with Gasteiger partial charge in [-0.25, -0.2) is 0 Å². The van der Waals surface area contributed by atoms with E-state index >= 15 is 0 Å². The maximum atomic E-state index is 11.6. The van der Waals surface area contributed by atoms with Gasteiger partial charge in [-0.05, 0) is 107 Å². The largest absolute Gasteiger partial charge is 0.367 e. The number of hydrogen-bond acceptors (Lipinski definition) is 8. The fourth-order valence-electron chi connectivity index (χ4n) is 6.78. The molecule has 2 heterocycles. The van der Waals surface area contributed by atoms with Crippen LogP contribution < -0.4 is 10.6 Å². The molecule has 0 spiro atoms. The van der Waals surface area contributed by atoms with E-state index in [1.54, 1.807) is 0 Å². The number of carbonyl (C=O) groups excluding carboxylic acids is 2. The van der Waals surface area contributed by atoms with Crippen molar-refractivity contribution in [1.82, 2.24) is 20.8 Å². The minimum Gasteiger partial charge on any atom is -0.367 e. The Morgan fingerprint density at radius 1 is 0.611 bits per heavy atom. The number of nitrogens with one attached hydrogen (secondary N) is 2. The predicted octanol–water partition coefficient (Wildman–Crippen LogP) is 4.73. The molecule has 8 heteroatoms. The summed E-state index contributed by atoms with van der Waals surface area (Å²) in [6.45, 7) is 22.2. The minimum absolute atomic E-state index is 0.200. The van der Waals surface area contributed by atoms with Crippen LogP contribution in [0.15, 0.2) is 0 Å². The molecule has 0 atom stereocenters. The lowest BCUT2D eigenvalue weighted by molar-refractivity contribution is -0.267. The molecule has 0 unspecified atom stereocenters. The van der Waals surface area contributed by atoms with E-state index in [1.807, 2.05) is 10.1 Å². The lowest BCUT2D eigenvalue weighted by Gasteiger charge is -2.53. The number of hydrogen-bond donors (Lipinski definition) is 2. The number of carbonyl (C=O) groups is 2. The first-order chi connectivity index (χ1) is 16.5. The Morgan fingerprint density at radius 2 is 0.889 bits per heavy atom. The van der Waals surface area contributed by atoms with Gasteiger partial charge in [0.1, 0.15) is 0 Å². The smallest absolute Gasteiger partial charge is 0.322 e. The van der Waals surface area contributed by atoms with Gasteiger partial charge in [0, 0.05) is 25.9 Å². The van der Waals surface area contributed by atoms with Crippen LogP contribution in [-0.2, 0) is 19.3 Å². The summed E-state index contributed by atoms with van der Waals surface area (Å²) in [6.07, 6.45) is 8.60. The van der Waals surface area contributed by atoms with Gasteiger partial charge >= 0.3 is 11.9 Å². The highest BCUT2D eigenvalue weighted by atomic mass is 16.7. The summed E-state index contributed by atoms with van der Waals surface area (Å²) in [6, 6.07) is 0.848. The second-order valence-electron chi connectivity index (χ2n) is 13.5. The van der Waals surface area contributed by atoms with Gasteiger partial charge in [0.2, 0.25) is 0 Å². The number of hydroxylamine groups is 4. The van der Waals surface area contributed by atoms with E-state index < -0.39 is 0 Å². The molecule has 0 aromatic heterocycles. The van der Waals surface area contributed by atoms with Crippen molar-refractivity contribution in [3.63, 3.8) is 0 Å². The number of nitrogens with zero attached hydrogens (tertiary/aromatic N) is 2. The van der Waals surface area contributed by atoms with Crippen LogP contribution >= 0.6 is 0 Å². The minimum atomic E-state index is -0.253. The Bertz CT molecular complexity index is 652. The SMILES string of the molecule is CC(=O)ON1C(C)(C)CC(NCCCCCCNC2CC(C)(C)N(OC(C)=O)C(C)(C)C2)CC1(C)C. The van der Waals surface area contributed by atoms with Crippen molar-refractivity contribution in [2.24, 2.45) is 0 Å². The van der Waals surface area contributed by atoms with Crippen LogP contribution in [0.4, 0.5) is 0 Å². The number of rotatable bonds is 11. The zero-order valence-electron chi connectivity index (χ0n) is 24.8. The van der Waals surface area contributed by atoms with E-state index in [0.717, 1.165) is 38.8 Å². The fraction of sp³-hybridized carbons (Fsp3) is 0.929. The van der Waals surface area contributed by atoms with Crippen LogP contribution in [0.5, 0.6) is 0 Å². The molecule has 2 saturated heterocycles. The summed E-state index contributed by atoms with van der Waals surface area (Å²) in [4.78, 5) is 34.3. The molecule has 2 N–H and O–H groups in total. The topological polar surface area (TPSA) is 83.1 Å². The number of unbranched alkanes of at least 4 members (excludes halogenated alkanes) is 3. The highest BCUT2D eigenvalue weighted by Gasteiger charge is 2.48. The van der Waals surface area contributed by atoms with Crippen molar-refractivity contribution < 1.29 is 19.3 Å². The molecule has 2 fully saturated rings. The third-order valence-electron chi connectivity index (χ3n) is 7.59. The Hall–Kier alpha value is -1.22. The van der Waals surface area contributed by atoms with Gasteiger partial charge in [-0.15, -0.1) is 10.1 Å². The molecule has 0 radical (unpaired) electrons. The van der Waals surface area contributed by atoms with E-state index in [2.05, 4.69) is 66.0 Å². The van der Waals surface area contributed by atoms with Gasteiger partial charge in [0.25, 0.3) is 0 Å². The second-order valence-corrected chi connectivity index (χ2v) is 13.5. The average Bonchev–Trinajstić information content (AvgIpc) is 2.68. The first-order valence-electron chi connectivity index (χ1n) is 13.9. The first kappa shape index (κ1) is 31.0. The lowest BCUT2D eigenvalue weighted by Crippen LogP contribution is -2.64. The molecule has 0 aromatic carbocycles. The second kappa shape index (κ2) is 12.1. The standard InChI is InChI=1S/C28H54N4O4/c1-21(33)35-31-25(3,4)17-23(18-26(31,5)6)29-15-13-11-12-14-16-30-24-19-27(7,8)32(36-22(2)34)28(9,10)20-24/h23-24,29-30H,11-20H2,1-10H3. The monoisotopic (exact) mass is 510 g/mol.